The summed E-state index contributed by atoms with van der Waals surface area (Å²) in [6.45, 7) is 4.05. The Morgan fingerprint density at radius 1 is 1.15 bits per heavy atom. The molecular formula is C22H19ClF2N2O5S. The average molecular weight is 497 g/mol. The van der Waals surface area contributed by atoms with Crippen molar-refractivity contribution in [2.75, 3.05) is 4.72 Å². The quantitative estimate of drug-likeness (QED) is 0.475. The molecule has 0 aliphatic heterocycles. The number of pyridine rings is 1. The van der Waals surface area contributed by atoms with E-state index in [1.165, 1.54) is 38.2 Å². The predicted octanol–water partition coefficient (Wildman–Crippen LogP) is 5.03. The number of aromatic nitrogens is 1. The van der Waals surface area contributed by atoms with Crippen molar-refractivity contribution >= 4 is 33.3 Å². The Kier molecular flexibility index (Phi) is 6.62. The van der Waals surface area contributed by atoms with Gasteiger partial charge in [0.05, 0.1) is 5.69 Å². The van der Waals surface area contributed by atoms with Gasteiger partial charge in [-0.1, -0.05) is 11.6 Å². The molecule has 3 rings (SSSR count). The van der Waals surface area contributed by atoms with Crippen molar-refractivity contribution in [2.45, 2.75) is 31.3 Å². The van der Waals surface area contributed by atoms with E-state index in [-0.39, 0.29) is 21.0 Å². The van der Waals surface area contributed by atoms with E-state index in [0.717, 1.165) is 24.4 Å². The molecule has 1 aromatic heterocycles. The fourth-order valence-electron chi connectivity index (χ4n) is 2.87. The minimum absolute atomic E-state index is 0.00874. The van der Waals surface area contributed by atoms with Crippen molar-refractivity contribution in [3.05, 3.63) is 71.0 Å². The Morgan fingerprint density at radius 2 is 1.85 bits per heavy atom. The average Bonchev–Trinajstić information content (AvgIpc) is 2.70. The number of halogens is 3. The van der Waals surface area contributed by atoms with E-state index in [4.69, 9.17) is 16.3 Å². The van der Waals surface area contributed by atoms with Crippen LogP contribution in [0.25, 0.3) is 11.1 Å². The number of carboxylic acids is 1. The highest BCUT2D eigenvalue weighted by Crippen LogP contribution is 2.39. The number of hydrogen-bond donors (Lipinski definition) is 2. The highest BCUT2D eigenvalue weighted by atomic mass is 35.5. The summed E-state index contributed by atoms with van der Waals surface area (Å²) in [4.78, 5) is 15.0. The van der Waals surface area contributed by atoms with Crippen LogP contribution in [-0.4, -0.2) is 30.1 Å². The first-order chi connectivity index (χ1) is 15.3. The summed E-state index contributed by atoms with van der Waals surface area (Å²) in [5, 5.41) is 9.30. The van der Waals surface area contributed by atoms with Crippen LogP contribution in [0.5, 0.6) is 5.75 Å². The lowest BCUT2D eigenvalue weighted by Gasteiger charge is -2.23. The third-order valence-corrected chi connectivity index (χ3v) is 6.09. The van der Waals surface area contributed by atoms with Gasteiger partial charge in [0, 0.05) is 23.0 Å². The van der Waals surface area contributed by atoms with E-state index in [0.29, 0.717) is 5.56 Å². The molecule has 0 saturated carbocycles. The lowest BCUT2D eigenvalue weighted by Crippen LogP contribution is -2.38. The van der Waals surface area contributed by atoms with Crippen LogP contribution in [0.3, 0.4) is 0 Å². The zero-order chi connectivity index (χ0) is 24.6. The number of ether oxygens (including phenoxy) is 1. The molecule has 0 spiro atoms. The van der Waals surface area contributed by atoms with Gasteiger partial charge in [0.25, 0.3) is 10.0 Å². The third kappa shape index (κ3) is 5.40. The van der Waals surface area contributed by atoms with Crippen LogP contribution in [0, 0.1) is 18.6 Å². The number of nitrogens with zero attached hydrogens (tertiary/aromatic N) is 1. The molecule has 0 fully saturated rings. The summed E-state index contributed by atoms with van der Waals surface area (Å²) in [5.41, 5.74) is -1.80. The fraction of sp³-hybridized carbons (Fsp3) is 0.182. The maximum Gasteiger partial charge on any atom is 0.347 e. The Morgan fingerprint density at radius 3 is 2.45 bits per heavy atom. The smallest absolute Gasteiger partial charge is 0.347 e. The van der Waals surface area contributed by atoms with Crippen LogP contribution < -0.4 is 9.46 Å². The van der Waals surface area contributed by atoms with E-state index in [9.17, 15) is 22.7 Å². The molecule has 0 aliphatic rings. The fourth-order valence-corrected chi connectivity index (χ4v) is 4.22. The number of aryl methyl sites for hydroxylation is 1. The highest BCUT2D eigenvalue weighted by molar-refractivity contribution is 7.92. The molecule has 2 N–H and O–H groups in total. The number of sulfonamides is 1. The molecule has 2 aromatic carbocycles. The van der Waals surface area contributed by atoms with Crippen LogP contribution in [0.2, 0.25) is 5.02 Å². The molecule has 174 valence electrons. The maximum atomic E-state index is 15.6. The number of hydrogen-bond acceptors (Lipinski definition) is 5. The molecule has 7 nitrogen and oxygen atoms in total. The summed E-state index contributed by atoms with van der Waals surface area (Å²) in [7, 11) is -4.34. The second kappa shape index (κ2) is 8.95. The molecule has 0 atom stereocenters. The molecule has 1 heterocycles. The van der Waals surface area contributed by atoms with Crippen molar-refractivity contribution < 1.29 is 31.8 Å². The van der Waals surface area contributed by atoms with E-state index < -0.39 is 44.7 Å². The van der Waals surface area contributed by atoms with Crippen molar-refractivity contribution in [2.24, 2.45) is 0 Å². The number of carboxylic acid groups (broad SMARTS) is 1. The van der Waals surface area contributed by atoms with Crippen molar-refractivity contribution in [1.29, 1.82) is 0 Å². The lowest BCUT2D eigenvalue weighted by atomic mass is 10.0. The summed E-state index contributed by atoms with van der Waals surface area (Å²) in [6, 6.07) is 7.14. The first kappa shape index (κ1) is 24.4. The van der Waals surface area contributed by atoms with Gasteiger partial charge in [-0.3, -0.25) is 9.71 Å². The summed E-state index contributed by atoms with van der Waals surface area (Å²) >= 11 is 5.92. The molecule has 0 saturated heterocycles. The van der Waals surface area contributed by atoms with Crippen LogP contribution in [0.15, 0.2) is 53.7 Å². The molecule has 33 heavy (non-hydrogen) atoms. The number of anilines is 1. The largest absolute Gasteiger partial charge is 0.478 e. The Labute approximate surface area is 194 Å². The van der Waals surface area contributed by atoms with E-state index in [2.05, 4.69) is 9.71 Å². The number of aliphatic carboxylic acids is 1. The number of carbonyl (C=O) groups is 1. The maximum absolute atomic E-state index is 15.6. The van der Waals surface area contributed by atoms with E-state index in [1.807, 2.05) is 0 Å². The van der Waals surface area contributed by atoms with Crippen LogP contribution in [-0.2, 0) is 14.8 Å². The predicted molar refractivity (Wildman–Crippen MR) is 119 cm³/mol. The van der Waals surface area contributed by atoms with Gasteiger partial charge in [-0.05, 0) is 68.3 Å². The van der Waals surface area contributed by atoms with Gasteiger partial charge < -0.3 is 9.84 Å². The van der Waals surface area contributed by atoms with Gasteiger partial charge >= 0.3 is 5.97 Å². The zero-order valence-electron chi connectivity index (χ0n) is 17.7. The van der Waals surface area contributed by atoms with Crippen molar-refractivity contribution in [3.8, 4) is 16.9 Å². The van der Waals surface area contributed by atoms with Crippen molar-refractivity contribution in [1.82, 2.24) is 4.98 Å². The molecular weight excluding hydrogens is 478 g/mol. The Balaban J connectivity index is 2.20. The Bertz CT molecular complexity index is 1330. The standard InChI is InChI=1S/C22H19ClF2N2O5S/c1-12-6-16(11-26-10-12)33(30,31)27-20-17(13-7-14(23)9-15(24)8-13)4-5-18(19(20)25)32-22(2,3)21(28)29/h4-11,27H,1-3H3,(H,28,29). The second-order valence-electron chi connectivity index (χ2n) is 7.68. The van der Waals surface area contributed by atoms with Crippen LogP contribution >= 0.6 is 11.6 Å². The molecule has 0 aliphatic carbocycles. The van der Waals surface area contributed by atoms with Gasteiger partial charge in [0.2, 0.25) is 0 Å². The number of nitrogens with one attached hydrogen (secondary N) is 1. The van der Waals surface area contributed by atoms with Gasteiger partial charge in [-0.25, -0.2) is 22.0 Å². The molecule has 0 unspecified atom stereocenters. The highest BCUT2D eigenvalue weighted by Gasteiger charge is 2.32. The molecule has 3 aromatic rings. The van der Waals surface area contributed by atoms with E-state index in [1.54, 1.807) is 6.92 Å². The Hall–Kier alpha value is -3.24. The minimum Gasteiger partial charge on any atom is -0.478 e. The van der Waals surface area contributed by atoms with Gasteiger partial charge in [0.15, 0.2) is 17.2 Å². The monoisotopic (exact) mass is 496 g/mol. The van der Waals surface area contributed by atoms with Crippen molar-refractivity contribution in [3.63, 3.8) is 0 Å². The summed E-state index contributed by atoms with van der Waals surface area (Å²) in [6.07, 6.45) is 2.53. The normalized spacial score (nSPS) is 11.8. The topological polar surface area (TPSA) is 106 Å². The third-order valence-electron chi connectivity index (χ3n) is 4.56. The molecule has 0 radical (unpaired) electrons. The lowest BCUT2D eigenvalue weighted by molar-refractivity contribution is -0.152. The summed E-state index contributed by atoms with van der Waals surface area (Å²) < 4.78 is 62.9. The number of rotatable bonds is 7. The van der Waals surface area contributed by atoms with Gasteiger partial charge in [-0.2, -0.15) is 0 Å². The first-order valence-electron chi connectivity index (χ1n) is 9.46. The SMILES string of the molecule is Cc1cncc(S(=O)(=O)Nc2c(-c3cc(F)cc(Cl)c3)ccc(OC(C)(C)C(=O)O)c2F)c1. The molecule has 0 amide bonds. The molecule has 0 bridgehead atoms. The minimum atomic E-state index is -4.34. The molecule has 11 heteroatoms. The number of benzene rings is 2. The van der Waals surface area contributed by atoms with Crippen LogP contribution in [0.4, 0.5) is 14.5 Å². The van der Waals surface area contributed by atoms with Crippen LogP contribution in [0.1, 0.15) is 19.4 Å². The first-order valence-corrected chi connectivity index (χ1v) is 11.3. The second-order valence-corrected chi connectivity index (χ2v) is 9.80. The van der Waals surface area contributed by atoms with E-state index >= 15 is 4.39 Å². The zero-order valence-corrected chi connectivity index (χ0v) is 19.3. The summed E-state index contributed by atoms with van der Waals surface area (Å²) in [5.74, 6) is -3.79. The van der Waals surface area contributed by atoms with Gasteiger partial charge in [-0.15, -0.1) is 0 Å². The van der Waals surface area contributed by atoms with Gasteiger partial charge in [0.1, 0.15) is 10.7 Å².